The van der Waals surface area contributed by atoms with E-state index in [2.05, 4.69) is 5.32 Å². The van der Waals surface area contributed by atoms with Gasteiger partial charge in [0, 0.05) is 23.4 Å². The fourth-order valence-corrected chi connectivity index (χ4v) is 1.28. The van der Waals surface area contributed by atoms with Gasteiger partial charge in [0.25, 0.3) is 0 Å². The number of hydrogen-bond donors (Lipinski definition) is 2. The van der Waals surface area contributed by atoms with E-state index in [1.807, 2.05) is 13.8 Å². The second kappa shape index (κ2) is 4.29. The van der Waals surface area contributed by atoms with Crippen LogP contribution in [-0.4, -0.2) is 16.9 Å². The smallest absolute Gasteiger partial charge is 0.166 e. The van der Waals surface area contributed by atoms with Gasteiger partial charge >= 0.3 is 0 Å². The van der Waals surface area contributed by atoms with Crippen molar-refractivity contribution in [1.29, 1.82) is 0 Å². The predicted molar refractivity (Wildman–Crippen MR) is 56.8 cm³/mol. The molecule has 0 aliphatic carbocycles. The quantitative estimate of drug-likeness (QED) is 0.596. The first-order valence-electron chi connectivity index (χ1n) is 4.71. The largest absolute Gasteiger partial charge is 0.505 e. The lowest BCUT2D eigenvalue weighted by Gasteiger charge is -2.13. The van der Waals surface area contributed by atoms with Crippen LogP contribution in [-0.2, 0) is 0 Å². The Labute approximate surface area is 87.9 Å². The van der Waals surface area contributed by atoms with Crippen LogP contribution in [0.1, 0.15) is 31.1 Å². The lowest BCUT2D eigenvalue weighted by molar-refractivity contribution is 0.101. The number of ketones is 1. The van der Waals surface area contributed by atoms with Crippen molar-refractivity contribution in [2.75, 3.05) is 5.32 Å². The Bertz CT molecular complexity index is 388. The van der Waals surface area contributed by atoms with Crippen molar-refractivity contribution in [1.82, 2.24) is 0 Å². The minimum atomic E-state index is -0.733. The summed E-state index contributed by atoms with van der Waals surface area (Å²) in [6, 6.07) is 2.36. The third-order valence-corrected chi connectivity index (χ3v) is 1.91. The first-order chi connectivity index (χ1) is 6.91. The van der Waals surface area contributed by atoms with E-state index in [9.17, 15) is 9.18 Å². The maximum atomic E-state index is 13.1. The van der Waals surface area contributed by atoms with E-state index in [0.717, 1.165) is 12.1 Å². The van der Waals surface area contributed by atoms with E-state index in [-0.39, 0.29) is 11.8 Å². The summed E-state index contributed by atoms with van der Waals surface area (Å²) in [6.45, 7) is 5.14. The Hall–Kier alpha value is -1.58. The zero-order chi connectivity index (χ0) is 11.6. The van der Waals surface area contributed by atoms with Crippen LogP contribution in [0.4, 0.5) is 10.1 Å². The average molecular weight is 211 g/mol. The number of nitrogens with one attached hydrogen (secondary N) is 1. The van der Waals surface area contributed by atoms with Crippen LogP contribution in [0, 0.1) is 5.82 Å². The van der Waals surface area contributed by atoms with Crippen molar-refractivity contribution >= 4 is 11.5 Å². The predicted octanol–water partition coefficient (Wildman–Crippen LogP) is 2.55. The van der Waals surface area contributed by atoms with E-state index >= 15 is 0 Å². The van der Waals surface area contributed by atoms with E-state index in [0.29, 0.717) is 11.3 Å². The van der Waals surface area contributed by atoms with Gasteiger partial charge in [0.2, 0.25) is 0 Å². The van der Waals surface area contributed by atoms with E-state index in [1.54, 1.807) is 0 Å². The molecule has 0 aliphatic heterocycles. The molecule has 82 valence electrons. The number of benzene rings is 1. The number of aromatic hydroxyl groups is 1. The summed E-state index contributed by atoms with van der Waals surface area (Å²) in [5, 5.41) is 12.1. The number of phenolic OH excluding ortho intramolecular Hbond substituents is 1. The van der Waals surface area contributed by atoms with Crippen LogP contribution in [0.25, 0.3) is 0 Å². The molecule has 0 heterocycles. The Morgan fingerprint density at radius 3 is 2.53 bits per heavy atom. The lowest BCUT2D eigenvalue weighted by Crippen LogP contribution is -2.13. The molecule has 1 rings (SSSR count). The monoisotopic (exact) mass is 211 g/mol. The van der Waals surface area contributed by atoms with Crippen molar-refractivity contribution in [2.24, 2.45) is 0 Å². The van der Waals surface area contributed by atoms with Gasteiger partial charge in [-0.25, -0.2) is 4.39 Å². The number of Topliss-reactive ketones (excluding diaryl/α,β-unsaturated/α-hetero) is 1. The molecule has 0 atom stereocenters. The first kappa shape index (κ1) is 11.5. The second-order valence-corrected chi connectivity index (χ2v) is 3.70. The van der Waals surface area contributed by atoms with Crippen molar-refractivity contribution in [2.45, 2.75) is 26.8 Å². The maximum absolute atomic E-state index is 13.1. The summed E-state index contributed by atoms with van der Waals surface area (Å²) in [7, 11) is 0. The van der Waals surface area contributed by atoms with Crippen LogP contribution in [0.2, 0.25) is 0 Å². The van der Waals surface area contributed by atoms with Gasteiger partial charge in [-0.3, -0.25) is 4.79 Å². The average Bonchev–Trinajstić information content (AvgIpc) is 2.09. The molecule has 0 saturated heterocycles. The summed E-state index contributed by atoms with van der Waals surface area (Å²) >= 11 is 0. The minimum Gasteiger partial charge on any atom is -0.505 e. The van der Waals surface area contributed by atoms with Gasteiger partial charge in [-0.2, -0.15) is 0 Å². The van der Waals surface area contributed by atoms with Gasteiger partial charge in [0.1, 0.15) is 0 Å². The molecular formula is C11H14FNO2. The SMILES string of the molecule is CC(=O)c1cc(O)c(F)cc1NC(C)C. The Kier molecular flexibility index (Phi) is 3.29. The fraction of sp³-hybridized carbons (Fsp3) is 0.364. The molecule has 0 spiro atoms. The molecule has 0 aliphatic rings. The van der Waals surface area contributed by atoms with Crippen molar-refractivity contribution < 1.29 is 14.3 Å². The molecule has 0 fully saturated rings. The number of carbonyl (C=O) groups excluding carboxylic acids is 1. The van der Waals surface area contributed by atoms with Gasteiger partial charge in [0.05, 0.1) is 0 Å². The maximum Gasteiger partial charge on any atom is 0.166 e. The molecule has 1 aromatic carbocycles. The molecular weight excluding hydrogens is 197 g/mol. The zero-order valence-electron chi connectivity index (χ0n) is 8.97. The van der Waals surface area contributed by atoms with Gasteiger partial charge in [-0.05, 0) is 26.8 Å². The van der Waals surface area contributed by atoms with Crippen molar-refractivity contribution in [3.05, 3.63) is 23.5 Å². The molecule has 2 N–H and O–H groups in total. The first-order valence-corrected chi connectivity index (χ1v) is 4.71. The number of carbonyl (C=O) groups is 1. The second-order valence-electron chi connectivity index (χ2n) is 3.70. The third kappa shape index (κ3) is 2.68. The number of hydrogen-bond acceptors (Lipinski definition) is 3. The summed E-state index contributed by atoms with van der Waals surface area (Å²) in [4.78, 5) is 11.2. The topological polar surface area (TPSA) is 49.3 Å². The summed E-state index contributed by atoms with van der Waals surface area (Å²) in [5.74, 6) is -1.45. The number of anilines is 1. The van der Waals surface area contributed by atoms with Crippen LogP contribution in [0.15, 0.2) is 12.1 Å². The summed E-state index contributed by atoms with van der Waals surface area (Å²) in [6.07, 6.45) is 0. The van der Waals surface area contributed by atoms with E-state index < -0.39 is 11.6 Å². The van der Waals surface area contributed by atoms with Crippen LogP contribution < -0.4 is 5.32 Å². The van der Waals surface area contributed by atoms with E-state index in [1.165, 1.54) is 6.92 Å². The Morgan fingerprint density at radius 2 is 2.07 bits per heavy atom. The highest BCUT2D eigenvalue weighted by atomic mass is 19.1. The summed E-state index contributed by atoms with van der Waals surface area (Å²) in [5.41, 5.74) is 0.704. The van der Waals surface area contributed by atoms with Crippen LogP contribution >= 0.6 is 0 Å². The highest BCUT2D eigenvalue weighted by Gasteiger charge is 2.12. The number of halogens is 1. The molecule has 0 bridgehead atoms. The molecule has 0 amide bonds. The van der Waals surface area contributed by atoms with Gasteiger partial charge in [0.15, 0.2) is 17.3 Å². The number of rotatable bonds is 3. The minimum absolute atomic E-state index is 0.0899. The molecule has 4 heteroatoms. The Balaban J connectivity index is 3.22. The van der Waals surface area contributed by atoms with Crippen molar-refractivity contribution in [3.8, 4) is 5.75 Å². The zero-order valence-corrected chi connectivity index (χ0v) is 8.97. The summed E-state index contributed by atoms with van der Waals surface area (Å²) < 4.78 is 13.1. The lowest BCUT2D eigenvalue weighted by atomic mass is 10.1. The highest BCUT2D eigenvalue weighted by molar-refractivity contribution is 6.00. The third-order valence-electron chi connectivity index (χ3n) is 1.91. The van der Waals surface area contributed by atoms with Gasteiger partial charge < -0.3 is 10.4 Å². The van der Waals surface area contributed by atoms with Gasteiger partial charge in [-0.15, -0.1) is 0 Å². The van der Waals surface area contributed by atoms with Gasteiger partial charge in [-0.1, -0.05) is 0 Å². The normalized spacial score (nSPS) is 10.5. The fourth-order valence-electron chi connectivity index (χ4n) is 1.28. The Morgan fingerprint density at radius 1 is 1.47 bits per heavy atom. The molecule has 1 aromatic rings. The van der Waals surface area contributed by atoms with Crippen LogP contribution in [0.3, 0.4) is 0 Å². The van der Waals surface area contributed by atoms with E-state index in [4.69, 9.17) is 5.11 Å². The molecule has 0 saturated carbocycles. The molecule has 0 unspecified atom stereocenters. The van der Waals surface area contributed by atoms with Crippen molar-refractivity contribution in [3.63, 3.8) is 0 Å². The number of phenols is 1. The van der Waals surface area contributed by atoms with Crippen LogP contribution in [0.5, 0.6) is 5.75 Å². The molecule has 0 aromatic heterocycles. The standard InChI is InChI=1S/C11H14FNO2/c1-6(2)13-10-5-9(12)11(15)4-8(10)7(3)14/h4-6,13,15H,1-3H3. The molecule has 15 heavy (non-hydrogen) atoms. The molecule has 3 nitrogen and oxygen atoms in total. The molecule has 0 radical (unpaired) electrons. The highest BCUT2D eigenvalue weighted by Crippen LogP contribution is 2.25.